The van der Waals surface area contributed by atoms with Crippen molar-refractivity contribution < 1.29 is 14.7 Å². The molecular formula is C13H14BrNO3. The summed E-state index contributed by atoms with van der Waals surface area (Å²) in [5.41, 5.74) is 1.13. The van der Waals surface area contributed by atoms with Crippen LogP contribution in [0.4, 0.5) is 0 Å². The van der Waals surface area contributed by atoms with E-state index < -0.39 is 11.9 Å². The maximum atomic E-state index is 11.6. The Bertz CT molecular complexity index is 475. The molecule has 2 atom stereocenters. The maximum Gasteiger partial charge on any atom is 0.307 e. The highest BCUT2D eigenvalue weighted by Crippen LogP contribution is 2.38. The van der Waals surface area contributed by atoms with Gasteiger partial charge >= 0.3 is 5.97 Å². The number of hydrogen-bond acceptors (Lipinski definition) is 2. The summed E-state index contributed by atoms with van der Waals surface area (Å²) in [6.07, 6.45) is 1.20. The Morgan fingerprint density at radius 1 is 1.33 bits per heavy atom. The molecule has 1 amide bonds. The lowest BCUT2D eigenvalue weighted by molar-refractivity contribution is -0.140. The number of carbonyl (C=O) groups excluding carboxylic acids is 1. The third-order valence-corrected chi connectivity index (χ3v) is 3.87. The number of rotatable bonds is 5. The summed E-state index contributed by atoms with van der Waals surface area (Å²) in [5.74, 6) is -1.83. The number of hydrogen-bond donors (Lipinski definition) is 2. The molecular weight excluding hydrogens is 298 g/mol. The molecule has 5 heteroatoms. The van der Waals surface area contributed by atoms with Crippen molar-refractivity contribution in [2.45, 2.75) is 12.8 Å². The van der Waals surface area contributed by atoms with Crippen molar-refractivity contribution in [1.29, 1.82) is 0 Å². The van der Waals surface area contributed by atoms with Crippen LogP contribution < -0.4 is 5.32 Å². The second-order valence-electron chi connectivity index (χ2n) is 4.42. The number of carboxylic acid groups (broad SMARTS) is 1. The standard InChI is InChI=1S/C13H14BrNO3/c14-11-4-2-1-3-8(11)5-6-15-12(16)9-7-10(9)13(17)18/h1-4,9-10H,5-7H2,(H,15,16)(H,17,18). The van der Waals surface area contributed by atoms with Gasteiger partial charge in [-0.1, -0.05) is 34.1 Å². The molecule has 1 saturated carbocycles. The molecule has 0 heterocycles. The molecule has 18 heavy (non-hydrogen) atoms. The topological polar surface area (TPSA) is 66.4 Å². The first-order valence-electron chi connectivity index (χ1n) is 5.83. The minimum atomic E-state index is -0.874. The van der Waals surface area contributed by atoms with Crippen LogP contribution in [0.2, 0.25) is 0 Å². The van der Waals surface area contributed by atoms with Gasteiger partial charge in [-0.2, -0.15) is 0 Å². The van der Waals surface area contributed by atoms with E-state index in [1.165, 1.54) is 0 Å². The summed E-state index contributed by atoms with van der Waals surface area (Å²) in [5, 5.41) is 11.5. The third kappa shape index (κ3) is 3.10. The molecule has 4 nitrogen and oxygen atoms in total. The lowest BCUT2D eigenvalue weighted by Crippen LogP contribution is -2.28. The average Bonchev–Trinajstić information content (AvgIpc) is 3.11. The molecule has 1 aliphatic carbocycles. The molecule has 96 valence electrons. The van der Waals surface area contributed by atoms with E-state index in [0.717, 1.165) is 16.5 Å². The number of nitrogens with one attached hydrogen (secondary N) is 1. The van der Waals surface area contributed by atoms with Crippen molar-refractivity contribution in [2.75, 3.05) is 6.54 Å². The lowest BCUT2D eigenvalue weighted by Gasteiger charge is -2.06. The van der Waals surface area contributed by atoms with Gasteiger partial charge < -0.3 is 10.4 Å². The zero-order chi connectivity index (χ0) is 13.1. The van der Waals surface area contributed by atoms with Gasteiger partial charge in [0.25, 0.3) is 0 Å². The molecule has 0 aliphatic heterocycles. The zero-order valence-corrected chi connectivity index (χ0v) is 11.3. The van der Waals surface area contributed by atoms with Crippen LogP contribution in [0.5, 0.6) is 0 Å². The predicted molar refractivity (Wildman–Crippen MR) is 70.1 cm³/mol. The largest absolute Gasteiger partial charge is 0.481 e. The van der Waals surface area contributed by atoms with Crippen molar-refractivity contribution in [3.8, 4) is 0 Å². The van der Waals surface area contributed by atoms with Crippen molar-refractivity contribution in [1.82, 2.24) is 5.32 Å². The molecule has 0 spiro atoms. The number of benzene rings is 1. The summed E-state index contributed by atoms with van der Waals surface area (Å²) in [6, 6.07) is 7.84. The van der Waals surface area contributed by atoms with Crippen molar-refractivity contribution in [3.63, 3.8) is 0 Å². The second-order valence-corrected chi connectivity index (χ2v) is 5.27. The van der Waals surface area contributed by atoms with Crippen LogP contribution in [0, 0.1) is 11.8 Å². The van der Waals surface area contributed by atoms with Gasteiger partial charge in [-0.05, 0) is 24.5 Å². The third-order valence-electron chi connectivity index (χ3n) is 3.10. The molecule has 0 bridgehead atoms. The molecule has 0 radical (unpaired) electrons. The van der Waals surface area contributed by atoms with E-state index in [2.05, 4.69) is 21.2 Å². The van der Waals surface area contributed by atoms with Crippen molar-refractivity contribution in [3.05, 3.63) is 34.3 Å². The van der Waals surface area contributed by atoms with E-state index in [-0.39, 0.29) is 11.8 Å². The van der Waals surface area contributed by atoms with Gasteiger partial charge in [0.15, 0.2) is 0 Å². The van der Waals surface area contributed by atoms with E-state index in [4.69, 9.17) is 5.11 Å². The first-order valence-corrected chi connectivity index (χ1v) is 6.63. The normalized spacial score (nSPS) is 21.4. The summed E-state index contributed by atoms with van der Waals surface area (Å²) >= 11 is 3.44. The van der Waals surface area contributed by atoms with E-state index in [1.807, 2.05) is 24.3 Å². The first-order chi connectivity index (χ1) is 8.59. The number of halogens is 1. The van der Waals surface area contributed by atoms with Gasteiger partial charge in [0, 0.05) is 11.0 Å². The Hall–Kier alpha value is -1.36. The Balaban J connectivity index is 1.75. The lowest BCUT2D eigenvalue weighted by atomic mass is 10.1. The fourth-order valence-electron chi connectivity index (χ4n) is 1.91. The molecule has 2 unspecified atom stereocenters. The Morgan fingerprint density at radius 2 is 2.06 bits per heavy atom. The van der Waals surface area contributed by atoms with Crippen LogP contribution in [0.15, 0.2) is 28.7 Å². The molecule has 1 aromatic rings. The smallest absolute Gasteiger partial charge is 0.307 e. The Morgan fingerprint density at radius 3 is 2.67 bits per heavy atom. The highest BCUT2D eigenvalue weighted by molar-refractivity contribution is 9.10. The highest BCUT2D eigenvalue weighted by atomic mass is 79.9. The zero-order valence-electron chi connectivity index (χ0n) is 9.73. The van der Waals surface area contributed by atoms with Crippen molar-refractivity contribution in [2.24, 2.45) is 11.8 Å². The van der Waals surface area contributed by atoms with Gasteiger partial charge in [-0.25, -0.2) is 0 Å². The van der Waals surface area contributed by atoms with E-state index in [9.17, 15) is 9.59 Å². The molecule has 2 rings (SSSR count). The quantitative estimate of drug-likeness (QED) is 0.872. The summed E-state index contributed by atoms with van der Waals surface area (Å²) in [4.78, 5) is 22.2. The number of carbonyl (C=O) groups is 2. The SMILES string of the molecule is O=C(O)C1CC1C(=O)NCCc1ccccc1Br. The van der Waals surface area contributed by atoms with Crippen LogP contribution >= 0.6 is 15.9 Å². The number of amides is 1. The minimum absolute atomic E-state index is 0.144. The van der Waals surface area contributed by atoms with E-state index in [1.54, 1.807) is 0 Å². The predicted octanol–water partition coefficient (Wildman–Crippen LogP) is 1.83. The van der Waals surface area contributed by atoms with E-state index >= 15 is 0 Å². The maximum absolute atomic E-state index is 11.6. The van der Waals surface area contributed by atoms with Gasteiger partial charge in [0.1, 0.15) is 0 Å². The monoisotopic (exact) mass is 311 g/mol. The second kappa shape index (κ2) is 5.52. The highest BCUT2D eigenvalue weighted by Gasteiger charge is 2.48. The van der Waals surface area contributed by atoms with Gasteiger partial charge in [0.05, 0.1) is 11.8 Å². The summed E-state index contributed by atoms with van der Waals surface area (Å²) < 4.78 is 1.02. The van der Waals surface area contributed by atoms with Gasteiger partial charge in [-0.3, -0.25) is 9.59 Å². The van der Waals surface area contributed by atoms with Crippen LogP contribution in [0.1, 0.15) is 12.0 Å². The van der Waals surface area contributed by atoms with Crippen LogP contribution in [0.25, 0.3) is 0 Å². The van der Waals surface area contributed by atoms with Crippen LogP contribution in [-0.4, -0.2) is 23.5 Å². The molecule has 0 saturated heterocycles. The molecule has 1 aromatic carbocycles. The average molecular weight is 312 g/mol. The Labute approximate surface area is 114 Å². The van der Waals surface area contributed by atoms with Gasteiger partial charge in [-0.15, -0.1) is 0 Å². The van der Waals surface area contributed by atoms with E-state index in [0.29, 0.717) is 13.0 Å². The fourth-order valence-corrected chi connectivity index (χ4v) is 2.39. The van der Waals surface area contributed by atoms with Crippen molar-refractivity contribution >= 4 is 27.8 Å². The minimum Gasteiger partial charge on any atom is -0.481 e. The first kappa shape index (κ1) is 13.1. The summed E-state index contributed by atoms with van der Waals surface area (Å²) in [7, 11) is 0. The molecule has 0 aromatic heterocycles. The fraction of sp³-hybridized carbons (Fsp3) is 0.385. The van der Waals surface area contributed by atoms with Crippen LogP contribution in [0.3, 0.4) is 0 Å². The number of carboxylic acids is 1. The molecule has 1 aliphatic rings. The Kier molecular flexibility index (Phi) is 4.01. The summed E-state index contributed by atoms with van der Waals surface area (Å²) in [6.45, 7) is 0.532. The molecule has 1 fully saturated rings. The molecule has 2 N–H and O–H groups in total. The van der Waals surface area contributed by atoms with Gasteiger partial charge in [0.2, 0.25) is 5.91 Å². The van der Waals surface area contributed by atoms with Crippen LogP contribution in [-0.2, 0) is 16.0 Å². The number of aliphatic carboxylic acids is 1.